The molecule has 1 aliphatic heterocycles. The molecule has 1 fully saturated rings. The van der Waals surface area contributed by atoms with Gasteiger partial charge < -0.3 is 19.1 Å². The minimum Gasteiger partial charge on any atom is -0.481 e. The molecule has 4 aromatic rings. The van der Waals surface area contributed by atoms with E-state index in [9.17, 15) is 4.39 Å². The second kappa shape index (κ2) is 7.49. The molecule has 0 amide bonds. The normalized spacial score (nSPS) is 14.9. The quantitative estimate of drug-likeness (QED) is 0.524. The number of H-pyrrole nitrogens is 1. The van der Waals surface area contributed by atoms with Crippen molar-refractivity contribution in [3.05, 3.63) is 53.6 Å². The van der Waals surface area contributed by atoms with Crippen LogP contribution in [0, 0.1) is 12.7 Å². The van der Waals surface area contributed by atoms with E-state index in [1.54, 1.807) is 13.2 Å². The van der Waals surface area contributed by atoms with Gasteiger partial charge in [-0.15, -0.1) is 0 Å². The number of benzene rings is 1. The van der Waals surface area contributed by atoms with Crippen molar-refractivity contribution in [2.24, 2.45) is 0 Å². The number of hydrogen-bond acceptors (Lipinski definition) is 7. The molecule has 1 saturated heterocycles. The number of aryl methyl sites for hydroxylation is 1. The van der Waals surface area contributed by atoms with Gasteiger partial charge in [0.05, 0.1) is 23.9 Å². The van der Waals surface area contributed by atoms with Gasteiger partial charge in [0.1, 0.15) is 17.2 Å². The monoisotopic (exact) mass is 408 g/mol. The van der Waals surface area contributed by atoms with Crippen molar-refractivity contribution in [1.82, 2.24) is 30.0 Å². The smallest absolute Gasteiger partial charge is 0.228 e. The number of aromatic amines is 1. The molecule has 5 rings (SSSR count). The molecule has 3 aromatic heterocycles. The summed E-state index contributed by atoms with van der Waals surface area (Å²) >= 11 is 0. The fraction of sp³-hybridized carbons (Fsp3) is 0.333. The maximum absolute atomic E-state index is 14.5. The Labute approximate surface area is 172 Å². The maximum atomic E-state index is 14.5. The molecule has 0 atom stereocenters. The van der Waals surface area contributed by atoms with Crippen molar-refractivity contribution in [2.45, 2.75) is 19.3 Å². The van der Waals surface area contributed by atoms with Crippen LogP contribution in [-0.2, 0) is 6.42 Å². The number of methoxy groups -OCH3 is 1. The first-order chi connectivity index (χ1) is 14.6. The highest BCUT2D eigenvalue weighted by Crippen LogP contribution is 2.29. The van der Waals surface area contributed by atoms with E-state index in [0.717, 1.165) is 30.8 Å². The minimum atomic E-state index is -0.419. The van der Waals surface area contributed by atoms with E-state index in [-0.39, 0.29) is 11.4 Å². The summed E-state index contributed by atoms with van der Waals surface area (Å²) in [5, 5.41) is 3.99. The summed E-state index contributed by atoms with van der Waals surface area (Å²) in [6.45, 7) is 4.45. The summed E-state index contributed by atoms with van der Waals surface area (Å²) in [7, 11) is 1.62. The molecule has 9 heteroatoms. The third-order valence-corrected chi connectivity index (χ3v) is 5.39. The molecule has 0 aliphatic carbocycles. The van der Waals surface area contributed by atoms with Crippen LogP contribution >= 0.6 is 0 Å². The first-order valence-corrected chi connectivity index (χ1v) is 9.82. The Morgan fingerprint density at radius 1 is 1.20 bits per heavy atom. The summed E-state index contributed by atoms with van der Waals surface area (Å²) < 4.78 is 25.0. The topological polar surface area (TPSA) is 93.0 Å². The first-order valence-electron chi connectivity index (χ1n) is 9.82. The van der Waals surface area contributed by atoms with E-state index < -0.39 is 5.82 Å². The van der Waals surface area contributed by atoms with E-state index in [1.165, 1.54) is 6.07 Å². The Morgan fingerprint density at radius 2 is 2.07 bits per heavy atom. The van der Waals surface area contributed by atoms with Crippen LogP contribution in [0.25, 0.3) is 22.4 Å². The second-order valence-electron chi connectivity index (χ2n) is 7.46. The molecular weight excluding hydrogens is 387 g/mol. The summed E-state index contributed by atoms with van der Waals surface area (Å²) in [6, 6.07) is 8.89. The van der Waals surface area contributed by atoms with E-state index in [4.69, 9.17) is 9.26 Å². The summed E-state index contributed by atoms with van der Waals surface area (Å²) in [5.74, 6) is 2.03. The van der Waals surface area contributed by atoms with Gasteiger partial charge in [-0.2, -0.15) is 4.98 Å². The molecule has 0 radical (unpaired) electrons. The number of pyridine rings is 1. The summed E-state index contributed by atoms with van der Waals surface area (Å²) in [4.78, 5) is 18.7. The van der Waals surface area contributed by atoms with Crippen molar-refractivity contribution in [2.75, 3.05) is 26.7 Å². The summed E-state index contributed by atoms with van der Waals surface area (Å²) in [5.41, 5.74) is 2.56. The van der Waals surface area contributed by atoms with Crippen LogP contribution in [0.15, 0.2) is 34.9 Å². The minimum absolute atomic E-state index is 0.224. The lowest BCUT2D eigenvalue weighted by atomic mass is 9.95. The van der Waals surface area contributed by atoms with Gasteiger partial charge >= 0.3 is 0 Å². The van der Waals surface area contributed by atoms with E-state index >= 15 is 0 Å². The molecular formula is C21H21FN6O2. The molecule has 30 heavy (non-hydrogen) atoms. The average Bonchev–Trinajstić information content (AvgIpc) is 3.32. The molecule has 1 aliphatic rings. The molecule has 4 heterocycles. The third-order valence-electron chi connectivity index (χ3n) is 5.39. The lowest BCUT2D eigenvalue weighted by Gasteiger charge is -2.38. The number of hydrogen-bond donors (Lipinski definition) is 1. The molecule has 154 valence electrons. The van der Waals surface area contributed by atoms with E-state index in [1.807, 2.05) is 25.1 Å². The number of ether oxygens (including phenoxy) is 1. The lowest BCUT2D eigenvalue weighted by Crippen LogP contribution is -2.46. The van der Waals surface area contributed by atoms with Gasteiger partial charge in [0.25, 0.3) is 0 Å². The number of rotatable bonds is 6. The van der Waals surface area contributed by atoms with Crippen molar-refractivity contribution in [1.29, 1.82) is 0 Å². The Morgan fingerprint density at radius 3 is 2.90 bits per heavy atom. The SMILES string of the molecule is COc1cccc(C2CN(CCc3nc(-c4c(F)ccc5[nH]c(C)nc45)no3)C2)n1. The van der Waals surface area contributed by atoms with Gasteiger partial charge in [0.15, 0.2) is 0 Å². The highest BCUT2D eigenvalue weighted by Gasteiger charge is 2.29. The van der Waals surface area contributed by atoms with Crippen LogP contribution in [0.2, 0.25) is 0 Å². The van der Waals surface area contributed by atoms with Crippen LogP contribution in [0.1, 0.15) is 23.3 Å². The Hall–Kier alpha value is -3.33. The standard InChI is InChI=1S/C21H21FN6O2/c1-12-23-16-7-6-14(22)19(20(16)24-12)21-26-18(30-27-21)8-9-28-10-13(11-28)15-4-3-5-17(25-15)29-2/h3-7,13H,8-11H2,1-2H3,(H,23,24). The zero-order valence-corrected chi connectivity index (χ0v) is 16.7. The number of aromatic nitrogens is 5. The number of nitrogens with zero attached hydrogens (tertiary/aromatic N) is 5. The Balaban J connectivity index is 1.23. The largest absolute Gasteiger partial charge is 0.481 e. The number of likely N-dealkylation sites (tertiary alicyclic amines) is 1. The molecule has 8 nitrogen and oxygen atoms in total. The van der Waals surface area contributed by atoms with Gasteiger partial charge in [-0.3, -0.25) is 0 Å². The molecule has 1 N–H and O–H groups in total. The van der Waals surface area contributed by atoms with Crippen LogP contribution < -0.4 is 4.74 Å². The average molecular weight is 408 g/mol. The maximum Gasteiger partial charge on any atom is 0.228 e. The van der Waals surface area contributed by atoms with Crippen molar-refractivity contribution >= 4 is 11.0 Å². The molecule has 0 saturated carbocycles. The summed E-state index contributed by atoms with van der Waals surface area (Å²) in [6.07, 6.45) is 0.600. The van der Waals surface area contributed by atoms with Crippen LogP contribution in [0.4, 0.5) is 4.39 Å². The third kappa shape index (κ3) is 3.41. The van der Waals surface area contributed by atoms with Gasteiger partial charge in [-0.05, 0) is 25.1 Å². The lowest BCUT2D eigenvalue weighted by molar-refractivity contribution is 0.143. The molecule has 1 aromatic carbocycles. The molecule has 0 spiro atoms. The number of fused-ring (bicyclic) bond motifs is 1. The van der Waals surface area contributed by atoms with Crippen molar-refractivity contribution in [3.63, 3.8) is 0 Å². The molecule has 0 bridgehead atoms. The fourth-order valence-corrected chi connectivity index (χ4v) is 3.81. The first kappa shape index (κ1) is 18.7. The second-order valence-corrected chi connectivity index (χ2v) is 7.46. The predicted molar refractivity (Wildman–Crippen MR) is 108 cm³/mol. The van der Waals surface area contributed by atoms with E-state index in [2.05, 4.69) is 30.0 Å². The van der Waals surface area contributed by atoms with Crippen LogP contribution in [0.3, 0.4) is 0 Å². The van der Waals surface area contributed by atoms with Gasteiger partial charge in [-0.25, -0.2) is 14.4 Å². The van der Waals surface area contributed by atoms with Gasteiger partial charge in [0.2, 0.25) is 17.6 Å². The zero-order chi connectivity index (χ0) is 20.7. The van der Waals surface area contributed by atoms with Crippen molar-refractivity contribution < 1.29 is 13.7 Å². The fourth-order valence-electron chi connectivity index (χ4n) is 3.81. The van der Waals surface area contributed by atoms with E-state index in [0.29, 0.717) is 35.5 Å². The number of nitrogens with one attached hydrogen (secondary N) is 1. The Bertz CT molecular complexity index is 1200. The van der Waals surface area contributed by atoms with Crippen LogP contribution in [-0.4, -0.2) is 56.7 Å². The van der Waals surface area contributed by atoms with Gasteiger partial charge in [0, 0.05) is 38.0 Å². The van der Waals surface area contributed by atoms with Gasteiger partial charge in [-0.1, -0.05) is 11.2 Å². The highest BCUT2D eigenvalue weighted by atomic mass is 19.1. The van der Waals surface area contributed by atoms with Crippen LogP contribution in [0.5, 0.6) is 5.88 Å². The highest BCUT2D eigenvalue weighted by molar-refractivity contribution is 5.90. The molecule has 0 unspecified atom stereocenters. The zero-order valence-electron chi connectivity index (χ0n) is 16.7. The van der Waals surface area contributed by atoms with Crippen molar-refractivity contribution in [3.8, 4) is 17.3 Å². The predicted octanol–water partition coefficient (Wildman–Crippen LogP) is 3.11. The number of imidazole rings is 1. The Kier molecular flexibility index (Phi) is 4.66. The number of halogens is 1.